The van der Waals surface area contributed by atoms with Crippen LogP contribution in [0.4, 0.5) is 4.79 Å². The second-order valence-corrected chi connectivity index (χ2v) is 4.11. The van der Waals surface area contributed by atoms with Crippen molar-refractivity contribution in [1.82, 2.24) is 4.90 Å². The third-order valence-electron chi connectivity index (χ3n) is 2.86. The molecule has 2 rings (SSSR count). The van der Waals surface area contributed by atoms with Crippen molar-refractivity contribution in [3.05, 3.63) is 47.5 Å². The van der Waals surface area contributed by atoms with Crippen molar-refractivity contribution in [2.45, 2.75) is 13.0 Å². The van der Waals surface area contributed by atoms with Crippen LogP contribution < -0.4 is 0 Å². The molecule has 1 aliphatic rings. The second-order valence-electron chi connectivity index (χ2n) is 4.11. The molecule has 1 aromatic rings. The van der Waals surface area contributed by atoms with Gasteiger partial charge >= 0.3 is 6.09 Å². The molecule has 0 unspecified atom stereocenters. The molecular weight excluding hydrogens is 226 g/mol. The average Bonchev–Trinajstić information content (AvgIpc) is 2.46. The fourth-order valence-electron chi connectivity index (χ4n) is 1.78. The molecule has 0 spiro atoms. The van der Waals surface area contributed by atoms with Crippen molar-refractivity contribution in [3.63, 3.8) is 0 Å². The van der Waals surface area contributed by atoms with Crippen molar-refractivity contribution in [2.75, 3.05) is 13.1 Å². The largest absolute Gasteiger partial charge is 0.445 e. The lowest BCUT2D eigenvalue weighted by Crippen LogP contribution is -2.35. The number of benzene rings is 1. The smallest absolute Gasteiger partial charge is 0.410 e. The zero-order valence-corrected chi connectivity index (χ0v) is 10.1. The van der Waals surface area contributed by atoms with Gasteiger partial charge in [-0.05, 0) is 12.0 Å². The Morgan fingerprint density at radius 3 is 2.78 bits per heavy atom. The number of carbonyl (C=O) groups is 1. The molecule has 0 saturated carbocycles. The summed E-state index contributed by atoms with van der Waals surface area (Å²) in [5, 5.41) is 0. The number of ether oxygens (including phenoxy) is 1. The summed E-state index contributed by atoms with van der Waals surface area (Å²) in [6.45, 7) is 1.47. The van der Waals surface area contributed by atoms with Gasteiger partial charge in [0.25, 0.3) is 0 Å². The zero-order valence-electron chi connectivity index (χ0n) is 10.1. The van der Waals surface area contributed by atoms with Crippen LogP contribution in [0.3, 0.4) is 0 Å². The van der Waals surface area contributed by atoms with Gasteiger partial charge < -0.3 is 9.64 Å². The molecule has 1 aromatic carbocycles. The predicted octanol–water partition coefficient (Wildman–Crippen LogP) is 2.59. The van der Waals surface area contributed by atoms with Crippen molar-refractivity contribution < 1.29 is 9.53 Å². The summed E-state index contributed by atoms with van der Waals surface area (Å²) in [5.41, 5.74) is 1.95. The van der Waals surface area contributed by atoms with Crippen LogP contribution in [-0.2, 0) is 11.3 Å². The lowest BCUT2D eigenvalue weighted by Gasteiger charge is -2.24. The highest BCUT2D eigenvalue weighted by atomic mass is 16.6. The molecule has 1 aliphatic heterocycles. The first-order chi connectivity index (χ1) is 8.79. The molecule has 3 nitrogen and oxygen atoms in total. The minimum Gasteiger partial charge on any atom is -0.445 e. The Kier molecular flexibility index (Phi) is 4.03. The molecule has 1 amide bonds. The molecule has 0 saturated heterocycles. The minimum atomic E-state index is -0.286. The summed E-state index contributed by atoms with van der Waals surface area (Å²) >= 11 is 0. The van der Waals surface area contributed by atoms with E-state index >= 15 is 0 Å². The van der Waals surface area contributed by atoms with Gasteiger partial charge in [0.1, 0.15) is 6.61 Å². The number of terminal acetylenes is 1. The van der Waals surface area contributed by atoms with E-state index in [1.54, 1.807) is 4.90 Å². The van der Waals surface area contributed by atoms with E-state index in [1.807, 2.05) is 36.4 Å². The number of nitrogens with zero attached hydrogens (tertiary/aromatic N) is 1. The van der Waals surface area contributed by atoms with Gasteiger partial charge in [-0.3, -0.25) is 0 Å². The normalized spacial score (nSPS) is 14.6. The molecule has 0 bridgehead atoms. The maximum atomic E-state index is 11.8. The third-order valence-corrected chi connectivity index (χ3v) is 2.86. The highest BCUT2D eigenvalue weighted by Gasteiger charge is 2.17. The average molecular weight is 241 g/mol. The van der Waals surface area contributed by atoms with E-state index in [1.165, 1.54) is 0 Å². The molecule has 3 heteroatoms. The fraction of sp³-hybridized carbons (Fsp3) is 0.267. The molecule has 0 aliphatic carbocycles. The Morgan fingerprint density at radius 2 is 2.17 bits per heavy atom. The first kappa shape index (κ1) is 12.3. The number of hydrogen-bond acceptors (Lipinski definition) is 2. The first-order valence-electron chi connectivity index (χ1n) is 5.91. The topological polar surface area (TPSA) is 29.5 Å². The molecular formula is C15H15NO2. The van der Waals surface area contributed by atoms with E-state index < -0.39 is 0 Å². The number of hydrogen-bond donors (Lipinski definition) is 0. The molecule has 0 fully saturated rings. The molecule has 18 heavy (non-hydrogen) atoms. The summed E-state index contributed by atoms with van der Waals surface area (Å²) in [6.07, 6.45) is 7.65. The van der Waals surface area contributed by atoms with Gasteiger partial charge in [-0.2, -0.15) is 0 Å². The Morgan fingerprint density at radius 1 is 1.39 bits per heavy atom. The van der Waals surface area contributed by atoms with Gasteiger partial charge in [0, 0.05) is 18.7 Å². The van der Waals surface area contributed by atoms with E-state index in [0.717, 1.165) is 17.6 Å². The molecule has 92 valence electrons. The van der Waals surface area contributed by atoms with Crippen LogP contribution in [-0.4, -0.2) is 24.1 Å². The van der Waals surface area contributed by atoms with Gasteiger partial charge in [-0.15, -0.1) is 6.42 Å². The Labute approximate surface area is 107 Å². The van der Waals surface area contributed by atoms with Crippen molar-refractivity contribution in [3.8, 4) is 12.3 Å². The maximum absolute atomic E-state index is 11.8. The van der Waals surface area contributed by atoms with Crippen LogP contribution in [0, 0.1) is 12.3 Å². The van der Waals surface area contributed by atoms with Crippen LogP contribution in [0.1, 0.15) is 12.0 Å². The Hall–Kier alpha value is -2.21. The number of amides is 1. The lowest BCUT2D eigenvalue weighted by atomic mass is 10.1. The fourth-order valence-corrected chi connectivity index (χ4v) is 1.78. The monoisotopic (exact) mass is 241 g/mol. The van der Waals surface area contributed by atoms with Crippen LogP contribution in [0.25, 0.3) is 0 Å². The number of rotatable bonds is 2. The molecule has 0 N–H and O–H groups in total. The van der Waals surface area contributed by atoms with Crippen LogP contribution in [0.5, 0.6) is 0 Å². The summed E-state index contributed by atoms with van der Waals surface area (Å²) < 4.78 is 5.24. The molecule has 1 heterocycles. The van der Waals surface area contributed by atoms with Crippen molar-refractivity contribution >= 4 is 6.09 Å². The first-order valence-corrected chi connectivity index (χ1v) is 5.91. The van der Waals surface area contributed by atoms with E-state index in [0.29, 0.717) is 19.7 Å². The summed E-state index contributed by atoms with van der Waals surface area (Å²) in [7, 11) is 0. The Balaban J connectivity index is 1.83. The van der Waals surface area contributed by atoms with Gasteiger partial charge in [-0.25, -0.2) is 4.79 Å². The molecule has 0 radical (unpaired) electrons. The molecule has 0 atom stereocenters. The second kappa shape index (κ2) is 5.92. The van der Waals surface area contributed by atoms with Gasteiger partial charge in [0.15, 0.2) is 0 Å². The Bertz CT molecular complexity index is 485. The third kappa shape index (κ3) is 3.14. The van der Waals surface area contributed by atoms with E-state index in [4.69, 9.17) is 11.2 Å². The molecule has 0 aromatic heterocycles. The van der Waals surface area contributed by atoms with E-state index in [9.17, 15) is 4.79 Å². The van der Waals surface area contributed by atoms with E-state index in [2.05, 4.69) is 5.92 Å². The van der Waals surface area contributed by atoms with Crippen LogP contribution in [0.15, 0.2) is 42.0 Å². The summed E-state index contributed by atoms with van der Waals surface area (Å²) in [5.74, 6) is 2.60. The summed E-state index contributed by atoms with van der Waals surface area (Å²) in [6, 6.07) is 9.64. The van der Waals surface area contributed by atoms with Crippen LogP contribution in [0.2, 0.25) is 0 Å². The van der Waals surface area contributed by atoms with Crippen molar-refractivity contribution in [2.24, 2.45) is 0 Å². The summed E-state index contributed by atoms with van der Waals surface area (Å²) in [4.78, 5) is 13.4. The van der Waals surface area contributed by atoms with Gasteiger partial charge in [0.2, 0.25) is 0 Å². The number of carbonyl (C=O) groups excluding carboxylic acids is 1. The minimum absolute atomic E-state index is 0.286. The highest BCUT2D eigenvalue weighted by Crippen LogP contribution is 2.11. The standard InChI is InChI=1S/C15H15NO2/c1-2-13-8-10-16(11-9-13)15(17)18-12-14-6-4-3-5-7-14/h1,3-8H,9-12H2. The quantitative estimate of drug-likeness (QED) is 0.745. The highest BCUT2D eigenvalue weighted by molar-refractivity contribution is 5.68. The van der Waals surface area contributed by atoms with Gasteiger partial charge in [0.05, 0.1) is 0 Å². The maximum Gasteiger partial charge on any atom is 0.410 e. The van der Waals surface area contributed by atoms with E-state index in [-0.39, 0.29) is 6.09 Å². The predicted molar refractivity (Wildman–Crippen MR) is 69.7 cm³/mol. The van der Waals surface area contributed by atoms with Crippen LogP contribution >= 0.6 is 0 Å². The van der Waals surface area contributed by atoms with Gasteiger partial charge in [-0.1, -0.05) is 42.3 Å². The zero-order chi connectivity index (χ0) is 12.8. The van der Waals surface area contributed by atoms with Crippen molar-refractivity contribution in [1.29, 1.82) is 0 Å². The SMILES string of the molecule is C#CC1=CCN(C(=O)OCc2ccccc2)CC1. The lowest BCUT2D eigenvalue weighted by molar-refractivity contribution is 0.0992.